The molecule has 2 aliphatic heterocycles. The van der Waals surface area contributed by atoms with E-state index in [1.807, 2.05) is 18.3 Å². The Kier molecular flexibility index (Phi) is 6.49. The fourth-order valence-electron chi connectivity index (χ4n) is 4.34. The maximum atomic E-state index is 11.2. The summed E-state index contributed by atoms with van der Waals surface area (Å²) >= 11 is 1.69. The van der Waals surface area contributed by atoms with Gasteiger partial charge in [0.2, 0.25) is 0 Å². The Morgan fingerprint density at radius 2 is 1.83 bits per heavy atom. The number of hydrogen-bond donors (Lipinski definition) is 1. The monoisotopic (exact) mass is 415 g/mol. The molecule has 2 aromatic rings. The van der Waals surface area contributed by atoms with Crippen LogP contribution < -0.4 is 4.90 Å². The van der Waals surface area contributed by atoms with E-state index >= 15 is 0 Å². The van der Waals surface area contributed by atoms with Gasteiger partial charge in [0.05, 0.1) is 12.2 Å². The van der Waals surface area contributed by atoms with E-state index in [1.165, 1.54) is 0 Å². The minimum absolute atomic E-state index is 0.671. The van der Waals surface area contributed by atoms with E-state index in [1.54, 1.807) is 11.3 Å². The first kappa shape index (κ1) is 20.7. The second-order valence-corrected chi connectivity index (χ2v) is 9.75. The maximum Gasteiger partial charge on any atom is 0.128 e. The summed E-state index contributed by atoms with van der Waals surface area (Å²) in [6.07, 6.45) is 3.42. The lowest BCUT2D eigenvalue weighted by molar-refractivity contribution is -0.0310. The van der Waals surface area contributed by atoms with E-state index in [2.05, 4.69) is 45.0 Å². The number of nitrogens with zero attached hydrogens (tertiary/aromatic N) is 5. The Morgan fingerprint density at radius 3 is 2.48 bits per heavy atom. The number of piperazine rings is 1. The summed E-state index contributed by atoms with van der Waals surface area (Å²) in [7, 11) is 0. The van der Waals surface area contributed by atoms with Crippen molar-refractivity contribution in [2.45, 2.75) is 38.8 Å². The van der Waals surface area contributed by atoms with Gasteiger partial charge in [-0.2, -0.15) is 0 Å². The van der Waals surface area contributed by atoms with Crippen molar-refractivity contribution in [1.82, 2.24) is 19.8 Å². The lowest BCUT2D eigenvalue weighted by Crippen LogP contribution is -2.46. The molecule has 0 bridgehead atoms. The van der Waals surface area contributed by atoms with Gasteiger partial charge in [-0.1, -0.05) is 19.9 Å². The van der Waals surface area contributed by atoms with Crippen molar-refractivity contribution in [2.24, 2.45) is 5.92 Å². The average Bonchev–Trinajstić information content (AvgIpc) is 3.20. The number of likely N-dealkylation sites (tertiary alicyclic amines) is 1. The molecule has 0 aromatic carbocycles. The van der Waals surface area contributed by atoms with Crippen molar-refractivity contribution in [2.75, 3.05) is 50.7 Å². The largest absolute Gasteiger partial charge is 0.383 e. The van der Waals surface area contributed by atoms with Gasteiger partial charge in [-0.25, -0.2) is 9.97 Å². The van der Waals surface area contributed by atoms with Gasteiger partial charge in [0.25, 0.3) is 0 Å². The molecule has 0 atom stereocenters. The molecular formula is C22H33N5OS. The molecule has 4 rings (SSSR count). The van der Waals surface area contributed by atoms with Crippen LogP contribution in [0.2, 0.25) is 0 Å². The number of hydrogen-bond acceptors (Lipinski definition) is 7. The number of anilines is 1. The lowest BCUT2D eigenvalue weighted by Gasteiger charge is -2.38. The number of piperidine rings is 1. The highest BCUT2D eigenvalue weighted by Crippen LogP contribution is 2.34. The first-order chi connectivity index (χ1) is 14.0. The minimum Gasteiger partial charge on any atom is -0.383 e. The Balaban J connectivity index is 1.29. The van der Waals surface area contributed by atoms with Crippen LogP contribution in [0.4, 0.5) is 5.82 Å². The van der Waals surface area contributed by atoms with Gasteiger partial charge in [-0.05, 0) is 30.9 Å². The smallest absolute Gasteiger partial charge is 0.128 e. The molecule has 0 aliphatic carbocycles. The van der Waals surface area contributed by atoms with Crippen LogP contribution in [0.1, 0.15) is 37.4 Å². The minimum atomic E-state index is -0.750. The number of aromatic nitrogens is 2. The molecule has 1 N–H and O–H groups in total. The fraction of sp³-hybridized carbons (Fsp3) is 0.636. The van der Waals surface area contributed by atoms with Gasteiger partial charge < -0.3 is 14.9 Å². The van der Waals surface area contributed by atoms with Crippen LogP contribution in [0.25, 0.3) is 0 Å². The standard InChI is InChI=1S/C22H33N5OS/c1-18(2)15-25-9-6-22(28,7-10-25)19-17-29-21(24-19)16-26-11-13-27(14-12-26)20-5-3-4-8-23-20/h3-5,8,17-18,28H,6-7,9-16H2,1-2H3. The van der Waals surface area contributed by atoms with E-state index in [-0.39, 0.29) is 0 Å². The predicted octanol–water partition coefficient (Wildman–Crippen LogP) is 2.80. The van der Waals surface area contributed by atoms with Gasteiger partial charge in [-0.15, -0.1) is 11.3 Å². The molecule has 2 aromatic heterocycles. The molecule has 0 saturated carbocycles. The van der Waals surface area contributed by atoms with Gasteiger partial charge in [0.1, 0.15) is 16.4 Å². The zero-order chi connectivity index (χ0) is 20.3. The molecule has 0 spiro atoms. The normalized spacial score (nSPS) is 21.0. The van der Waals surface area contributed by atoms with Crippen LogP contribution in [0.5, 0.6) is 0 Å². The van der Waals surface area contributed by atoms with Gasteiger partial charge >= 0.3 is 0 Å². The molecule has 7 heteroatoms. The summed E-state index contributed by atoms with van der Waals surface area (Å²) in [5.74, 6) is 1.74. The summed E-state index contributed by atoms with van der Waals surface area (Å²) in [5.41, 5.74) is 0.133. The van der Waals surface area contributed by atoms with Crippen molar-refractivity contribution in [3.63, 3.8) is 0 Å². The lowest BCUT2D eigenvalue weighted by atomic mass is 9.88. The van der Waals surface area contributed by atoms with E-state index < -0.39 is 5.60 Å². The number of aliphatic hydroxyl groups is 1. The number of thiazole rings is 1. The first-order valence-electron chi connectivity index (χ1n) is 10.8. The summed E-state index contributed by atoms with van der Waals surface area (Å²) in [6.45, 7) is 12.4. The Hall–Kier alpha value is -1.54. The third-order valence-corrected chi connectivity index (χ3v) is 6.87. The highest BCUT2D eigenvalue weighted by molar-refractivity contribution is 7.09. The molecule has 2 saturated heterocycles. The van der Waals surface area contributed by atoms with E-state index in [0.717, 1.165) is 81.7 Å². The molecule has 158 valence electrons. The van der Waals surface area contributed by atoms with E-state index in [9.17, 15) is 5.11 Å². The van der Waals surface area contributed by atoms with Crippen molar-refractivity contribution in [3.8, 4) is 0 Å². The third kappa shape index (κ3) is 5.15. The highest BCUT2D eigenvalue weighted by Gasteiger charge is 2.36. The Bertz CT molecular complexity index is 765. The molecule has 4 heterocycles. The summed E-state index contributed by atoms with van der Waals surface area (Å²) in [5, 5.41) is 14.4. The summed E-state index contributed by atoms with van der Waals surface area (Å²) < 4.78 is 0. The highest BCUT2D eigenvalue weighted by atomic mass is 32.1. The zero-order valence-corrected chi connectivity index (χ0v) is 18.4. The summed E-state index contributed by atoms with van der Waals surface area (Å²) in [4.78, 5) is 16.6. The molecule has 0 amide bonds. The molecule has 0 unspecified atom stereocenters. The second kappa shape index (κ2) is 9.08. The van der Waals surface area contributed by atoms with Gasteiger partial charge in [-0.3, -0.25) is 4.90 Å². The van der Waals surface area contributed by atoms with Gasteiger partial charge in [0.15, 0.2) is 0 Å². The van der Waals surface area contributed by atoms with Crippen LogP contribution in [-0.4, -0.2) is 70.7 Å². The predicted molar refractivity (Wildman–Crippen MR) is 118 cm³/mol. The van der Waals surface area contributed by atoms with Crippen molar-refractivity contribution in [3.05, 3.63) is 40.5 Å². The average molecular weight is 416 g/mol. The van der Waals surface area contributed by atoms with Gasteiger partial charge in [0, 0.05) is 57.4 Å². The van der Waals surface area contributed by atoms with E-state index in [0.29, 0.717) is 5.92 Å². The molecule has 6 nitrogen and oxygen atoms in total. The SMILES string of the molecule is CC(C)CN1CCC(O)(c2csc(CN3CCN(c4ccccn4)CC3)n2)CC1. The third-order valence-electron chi connectivity index (χ3n) is 6.04. The molecule has 29 heavy (non-hydrogen) atoms. The van der Waals surface area contributed by atoms with Crippen molar-refractivity contribution < 1.29 is 5.11 Å². The fourth-order valence-corrected chi connectivity index (χ4v) is 5.27. The first-order valence-corrected chi connectivity index (χ1v) is 11.7. The van der Waals surface area contributed by atoms with Crippen LogP contribution >= 0.6 is 11.3 Å². The zero-order valence-electron chi connectivity index (χ0n) is 17.6. The molecule has 0 radical (unpaired) electrons. The van der Waals surface area contributed by atoms with Crippen LogP contribution in [0.15, 0.2) is 29.8 Å². The topological polar surface area (TPSA) is 55.7 Å². The number of rotatable bonds is 6. The molecule has 2 fully saturated rings. The van der Waals surface area contributed by atoms with Crippen LogP contribution in [0, 0.1) is 5.92 Å². The Morgan fingerprint density at radius 1 is 1.07 bits per heavy atom. The van der Waals surface area contributed by atoms with Crippen molar-refractivity contribution >= 4 is 17.2 Å². The second-order valence-electron chi connectivity index (χ2n) is 8.80. The Labute approximate surface area is 178 Å². The molecular weight excluding hydrogens is 382 g/mol. The molecule has 2 aliphatic rings. The maximum absolute atomic E-state index is 11.2. The van der Waals surface area contributed by atoms with Crippen LogP contribution in [-0.2, 0) is 12.1 Å². The number of pyridine rings is 1. The van der Waals surface area contributed by atoms with Crippen molar-refractivity contribution in [1.29, 1.82) is 0 Å². The van der Waals surface area contributed by atoms with Crippen LogP contribution in [0.3, 0.4) is 0 Å². The quantitative estimate of drug-likeness (QED) is 0.783. The summed E-state index contributed by atoms with van der Waals surface area (Å²) in [6, 6.07) is 6.08. The van der Waals surface area contributed by atoms with E-state index in [4.69, 9.17) is 4.98 Å².